The molecule has 0 radical (unpaired) electrons. The summed E-state index contributed by atoms with van der Waals surface area (Å²) in [6.07, 6.45) is 0. The highest BCUT2D eigenvalue weighted by Gasteiger charge is 2.18. The number of phenols is 1. The number of aryl methyl sites for hydroxylation is 1. The van der Waals surface area contributed by atoms with Crippen molar-refractivity contribution in [2.24, 2.45) is 7.05 Å². The van der Waals surface area contributed by atoms with Crippen LogP contribution in [0.25, 0.3) is 10.9 Å². The first kappa shape index (κ1) is 11.5. The topological polar surface area (TPSA) is 62.5 Å². The van der Waals surface area contributed by atoms with Gasteiger partial charge in [0.15, 0.2) is 0 Å². The lowest BCUT2D eigenvalue weighted by molar-refractivity contribution is 0.0687. The number of aromatic nitrogens is 1. The van der Waals surface area contributed by atoms with Crippen LogP contribution in [-0.2, 0) is 7.05 Å². The fraction of sp³-hybridized carbons (Fsp3) is 0.308. The van der Waals surface area contributed by atoms with E-state index in [1.807, 2.05) is 19.9 Å². The molecule has 2 rings (SSSR count). The number of hydrogen-bond donors (Lipinski definition) is 2. The van der Waals surface area contributed by atoms with Gasteiger partial charge in [-0.1, -0.05) is 19.9 Å². The lowest BCUT2D eigenvalue weighted by atomic mass is 10.0. The van der Waals surface area contributed by atoms with E-state index in [0.717, 1.165) is 11.1 Å². The molecule has 0 bridgehead atoms. The van der Waals surface area contributed by atoms with Gasteiger partial charge in [0.25, 0.3) is 0 Å². The maximum atomic E-state index is 11.1. The second-order valence-electron chi connectivity index (χ2n) is 4.48. The molecule has 1 heterocycles. The van der Waals surface area contributed by atoms with Crippen LogP contribution in [0.3, 0.4) is 0 Å². The van der Waals surface area contributed by atoms with E-state index in [1.165, 1.54) is 6.07 Å². The number of phenolic OH excluding ortho intramolecular Hbond substituents is 1. The van der Waals surface area contributed by atoms with Crippen molar-refractivity contribution in [1.29, 1.82) is 0 Å². The van der Waals surface area contributed by atoms with Gasteiger partial charge >= 0.3 is 5.97 Å². The zero-order chi connectivity index (χ0) is 12.7. The minimum Gasteiger partial charge on any atom is -0.507 e. The van der Waals surface area contributed by atoms with Gasteiger partial charge in [0, 0.05) is 12.4 Å². The summed E-state index contributed by atoms with van der Waals surface area (Å²) < 4.78 is 1.62. The standard InChI is InChI=1S/C13H15NO3/c1-7(2)8-4-5-11(15)9-6-10(13(16)17)14(3)12(8)9/h4-7,15H,1-3H3,(H,16,17). The van der Waals surface area contributed by atoms with E-state index in [2.05, 4.69) is 0 Å². The zero-order valence-electron chi connectivity index (χ0n) is 10.1. The van der Waals surface area contributed by atoms with Gasteiger partial charge in [-0.2, -0.15) is 0 Å². The third kappa shape index (κ3) is 1.65. The van der Waals surface area contributed by atoms with Crippen molar-refractivity contribution in [3.63, 3.8) is 0 Å². The van der Waals surface area contributed by atoms with Crippen molar-refractivity contribution in [2.45, 2.75) is 19.8 Å². The number of carboxylic acid groups (broad SMARTS) is 1. The number of carboxylic acids is 1. The summed E-state index contributed by atoms with van der Waals surface area (Å²) in [6, 6.07) is 4.97. The van der Waals surface area contributed by atoms with Gasteiger partial charge < -0.3 is 14.8 Å². The Morgan fingerprint density at radius 2 is 2.00 bits per heavy atom. The molecule has 0 unspecified atom stereocenters. The molecule has 0 aliphatic heterocycles. The molecular formula is C13H15NO3. The summed E-state index contributed by atoms with van der Waals surface area (Å²) in [5.74, 6) is -0.598. The van der Waals surface area contributed by atoms with Gasteiger partial charge in [-0.3, -0.25) is 0 Å². The second-order valence-corrected chi connectivity index (χ2v) is 4.48. The van der Waals surface area contributed by atoms with E-state index in [4.69, 9.17) is 5.11 Å². The molecule has 0 spiro atoms. The highest BCUT2D eigenvalue weighted by atomic mass is 16.4. The first-order valence-corrected chi connectivity index (χ1v) is 5.48. The molecule has 0 atom stereocenters. The van der Waals surface area contributed by atoms with Crippen molar-refractivity contribution < 1.29 is 15.0 Å². The quantitative estimate of drug-likeness (QED) is 0.838. The summed E-state index contributed by atoms with van der Waals surface area (Å²) in [7, 11) is 1.71. The Labute approximate surface area is 99.1 Å². The van der Waals surface area contributed by atoms with Crippen LogP contribution in [-0.4, -0.2) is 20.7 Å². The summed E-state index contributed by atoms with van der Waals surface area (Å²) in [6.45, 7) is 4.08. The SMILES string of the molecule is CC(C)c1ccc(O)c2cc(C(=O)O)n(C)c12. The van der Waals surface area contributed by atoms with E-state index < -0.39 is 5.97 Å². The Bertz CT molecular complexity index is 596. The van der Waals surface area contributed by atoms with Crippen LogP contribution in [0.1, 0.15) is 35.8 Å². The van der Waals surface area contributed by atoms with Crippen molar-refractivity contribution in [2.75, 3.05) is 0 Å². The maximum Gasteiger partial charge on any atom is 0.352 e. The van der Waals surface area contributed by atoms with Crippen LogP contribution >= 0.6 is 0 Å². The monoisotopic (exact) mass is 233 g/mol. The van der Waals surface area contributed by atoms with Gasteiger partial charge in [0.05, 0.1) is 5.52 Å². The number of rotatable bonds is 2. The fourth-order valence-corrected chi connectivity index (χ4v) is 2.16. The molecule has 17 heavy (non-hydrogen) atoms. The van der Waals surface area contributed by atoms with E-state index in [-0.39, 0.29) is 17.4 Å². The summed E-state index contributed by atoms with van der Waals surface area (Å²) in [5.41, 5.74) is 2.01. The average molecular weight is 233 g/mol. The lowest BCUT2D eigenvalue weighted by Crippen LogP contribution is -2.05. The van der Waals surface area contributed by atoms with Crippen molar-refractivity contribution in [3.8, 4) is 5.75 Å². The molecule has 4 heteroatoms. The predicted molar refractivity (Wildman–Crippen MR) is 65.6 cm³/mol. The Kier molecular flexibility index (Phi) is 2.58. The lowest BCUT2D eigenvalue weighted by Gasteiger charge is -2.10. The van der Waals surface area contributed by atoms with E-state index in [9.17, 15) is 9.90 Å². The number of fused-ring (bicyclic) bond motifs is 1. The predicted octanol–water partition coefficient (Wildman–Crippen LogP) is 2.71. The normalized spacial score (nSPS) is 11.3. The number of nitrogens with zero attached hydrogens (tertiary/aromatic N) is 1. The Morgan fingerprint density at radius 1 is 1.35 bits per heavy atom. The minimum absolute atomic E-state index is 0.118. The van der Waals surface area contributed by atoms with Crippen LogP contribution in [0, 0.1) is 0 Å². The molecule has 90 valence electrons. The fourth-order valence-electron chi connectivity index (χ4n) is 2.16. The first-order valence-electron chi connectivity index (χ1n) is 5.48. The molecule has 2 N–H and O–H groups in total. The number of carbonyl (C=O) groups is 1. The van der Waals surface area contributed by atoms with Crippen LogP contribution < -0.4 is 0 Å². The summed E-state index contributed by atoms with van der Waals surface area (Å²) in [5, 5.41) is 19.5. The molecular weight excluding hydrogens is 218 g/mol. The van der Waals surface area contributed by atoms with Crippen LogP contribution in [0.5, 0.6) is 5.75 Å². The third-order valence-electron chi connectivity index (χ3n) is 3.04. The van der Waals surface area contributed by atoms with E-state index in [0.29, 0.717) is 5.39 Å². The van der Waals surface area contributed by atoms with Crippen LogP contribution in [0.15, 0.2) is 18.2 Å². The molecule has 1 aromatic carbocycles. The maximum absolute atomic E-state index is 11.1. The van der Waals surface area contributed by atoms with Gasteiger partial charge in [0.2, 0.25) is 0 Å². The van der Waals surface area contributed by atoms with Gasteiger partial charge in [0.1, 0.15) is 11.4 Å². The number of benzene rings is 1. The molecule has 0 saturated heterocycles. The molecule has 0 aliphatic rings. The van der Waals surface area contributed by atoms with Gasteiger partial charge in [-0.15, -0.1) is 0 Å². The Balaban J connectivity index is 2.89. The zero-order valence-corrected chi connectivity index (χ0v) is 10.1. The highest BCUT2D eigenvalue weighted by molar-refractivity contribution is 5.98. The number of hydrogen-bond acceptors (Lipinski definition) is 2. The smallest absolute Gasteiger partial charge is 0.352 e. The summed E-state index contributed by atoms with van der Waals surface area (Å²) in [4.78, 5) is 11.1. The van der Waals surface area contributed by atoms with Crippen molar-refractivity contribution >= 4 is 16.9 Å². The number of aromatic carboxylic acids is 1. The summed E-state index contributed by atoms with van der Waals surface area (Å²) >= 11 is 0. The molecule has 0 amide bonds. The highest BCUT2D eigenvalue weighted by Crippen LogP contribution is 2.33. The number of aromatic hydroxyl groups is 1. The van der Waals surface area contributed by atoms with Crippen molar-refractivity contribution in [1.82, 2.24) is 4.57 Å². The van der Waals surface area contributed by atoms with Crippen LogP contribution in [0.4, 0.5) is 0 Å². The average Bonchev–Trinajstić information content (AvgIpc) is 2.58. The van der Waals surface area contributed by atoms with E-state index >= 15 is 0 Å². The van der Waals surface area contributed by atoms with Gasteiger partial charge in [-0.05, 0) is 23.6 Å². The minimum atomic E-state index is -0.988. The van der Waals surface area contributed by atoms with E-state index in [1.54, 1.807) is 17.7 Å². The third-order valence-corrected chi connectivity index (χ3v) is 3.04. The molecule has 4 nitrogen and oxygen atoms in total. The molecule has 0 fully saturated rings. The molecule has 2 aromatic rings. The Hall–Kier alpha value is -1.97. The largest absolute Gasteiger partial charge is 0.507 e. The van der Waals surface area contributed by atoms with Crippen LogP contribution in [0.2, 0.25) is 0 Å². The first-order chi connectivity index (χ1) is 7.93. The van der Waals surface area contributed by atoms with Crippen molar-refractivity contribution in [3.05, 3.63) is 29.5 Å². The molecule has 0 saturated carbocycles. The van der Waals surface area contributed by atoms with Gasteiger partial charge in [-0.25, -0.2) is 4.79 Å². The molecule has 1 aromatic heterocycles. The molecule has 0 aliphatic carbocycles. The Morgan fingerprint density at radius 3 is 2.53 bits per heavy atom. The second kappa shape index (κ2) is 3.80.